The van der Waals surface area contributed by atoms with Crippen LogP contribution in [0, 0.1) is 23.7 Å². The van der Waals surface area contributed by atoms with Crippen molar-refractivity contribution < 1.29 is 9.53 Å². The molecule has 0 spiro atoms. The largest absolute Gasteiger partial charge is 0.468 e. The number of hydrogen-bond acceptors (Lipinski definition) is 2. The minimum Gasteiger partial charge on any atom is -0.468 e. The molecule has 0 aliphatic rings. The lowest BCUT2D eigenvalue weighted by Crippen LogP contribution is -1.96. The monoisotopic (exact) mass is 290 g/mol. The summed E-state index contributed by atoms with van der Waals surface area (Å²) in [6.07, 6.45) is 13.5. The molecule has 0 fully saturated rings. The zero-order valence-corrected chi connectivity index (χ0v) is 13.8. The van der Waals surface area contributed by atoms with Gasteiger partial charge in [-0.3, -0.25) is 4.79 Å². The molecule has 0 aromatic carbocycles. The molecule has 21 heavy (non-hydrogen) atoms. The van der Waals surface area contributed by atoms with Crippen LogP contribution in [0.2, 0.25) is 0 Å². The summed E-state index contributed by atoms with van der Waals surface area (Å²) in [5, 5.41) is 0. The van der Waals surface area contributed by atoms with Gasteiger partial charge in [0.15, 0.2) is 0 Å². The molecule has 118 valence electrons. The van der Waals surface area contributed by atoms with Gasteiger partial charge in [0.2, 0.25) is 0 Å². The van der Waals surface area contributed by atoms with Crippen LogP contribution in [0.1, 0.15) is 84.0 Å². The van der Waals surface area contributed by atoms with Gasteiger partial charge in [0.05, 0.1) is 7.11 Å². The molecule has 0 aliphatic heterocycles. The molecule has 0 aromatic rings. The van der Waals surface area contributed by atoms with Crippen LogP contribution in [0.3, 0.4) is 0 Å². The highest BCUT2D eigenvalue weighted by molar-refractivity contribution is 5.72. The molecule has 2 nitrogen and oxygen atoms in total. The number of hydrogen-bond donors (Lipinski definition) is 0. The Morgan fingerprint density at radius 2 is 1.29 bits per heavy atom. The quantitative estimate of drug-likeness (QED) is 0.326. The van der Waals surface area contributed by atoms with Crippen LogP contribution in [-0.2, 0) is 9.53 Å². The average molecular weight is 290 g/mol. The Morgan fingerprint density at radius 1 is 0.762 bits per heavy atom. The Morgan fingerprint density at radius 3 is 1.90 bits per heavy atom. The second kappa shape index (κ2) is 16.6. The van der Waals surface area contributed by atoms with E-state index in [4.69, 9.17) is 0 Å². The molecule has 0 saturated heterocycles. The van der Waals surface area contributed by atoms with Crippen LogP contribution in [0.25, 0.3) is 0 Å². The van der Waals surface area contributed by atoms with Crippen molar-refractivity contribution in [2.45, 2.75) is 84.0 Å². The topological polar surface area (TPSA) is 26.3 Å². The normalized spacial score (nSPS) is 9.24. The Kier molecular flexibility index (Phi) is 15.5. The highest BCUT2D eigenvalue weighted by Crippen LogP contribution is 2.09. The Balaban J connectivity index is 3.29. The Hall–Kier alpha value is -1.41. The fourth-order valence-corrected chi connectivity index (χ4v) is 1.94. The van der Waals surface area contributed by atoms with Gasteiger partial charge in [0.1, 0.15) is 6.42 Å². The number of unbranched alkanes of at least 4 members (excludes halogenated alkanes) is 9. The molecule has 2 heteroatoms. The van der Waals surface area contributed by atoms with Crippen LogP contribution in [0.4, 0.5) is 0 Å². The third-order valence-electron chi connectivity index (χ3n) is 3.24. The number of ether oxygens (including phenoxy) is 1. The SMILES string of the molecule is CCCCCCCCCCC#CCCC#CCC(=O)OC. The first-order chi connectivity index (χ1) is 10.3. The molecule has 0 bridgehead atoms. The number of rotatable bonds is 10. The van der Waals surface area contributed by atoms with Crippen molar-refractivity contribution >= 4 is 5.97 Å². The molecular formula is C19H30O2. The van der Waals surface area contributed by atoms with Crippen LogP contribution in [-0.4, -0.2) is 13.1 Å². The molecule has 0 N–H and O–H groups in total. The summed E-state index contributed by atoms with van der Waals surface area (Å²) < 4.78 is 4.50. The van der Waals surface area contributed by atoms with Crippen LogP contribution in [0.15, 0.2) is 0 Å². The van der Waals surface area contributed by atoms with Crippen molar-refractivity contribution in [1.82, 2.24) is 0 Å². The van der Waals surface area contributed by atoms with E-state index < -0.39 is 0 Å². The first kappa shape index (κ1) is 19.6. The molecule has 0 heterocycles. The maximum Gasteiger partial charge on any atom is 0.317 e. The van der Waals surface area contributed by atoms with Crippen molar-refractivity contribution in [3.63, 3.8) is 0 Å². The summed E-state index contributed by atoms with van der Waals surface area (Å²) in [6.45, 7) is 2.25. The predicted octanol–water partition coefficient (Wildman–Crippen LogP) is 4.87. The van der Waals surface area contributed by atoms with E-state index in [1.807, 2.05) is 0 Å². The number of carbonyl (C=O) groups excluding carboxylic acids is 1. The van der Waals surface area contributed by atoms with Gasteiger partial charge in [-0.25, -0.2) is 0 Å². The van der Waals surface area contributed by atoms with Crippen molar-refractivity contribution in [1.29, 1.82) is 0 Å². The third kappa shape index (κ3) is 16.5. The fourth-order valence-electron chi connectivity index (χ4n) is 1.94. The average Bonchev–Trinajstić information content (AvgIpc) is 2.50. The zero-order valence-electron chi connectivity index (χ0n) is 13.8. The van der Waals surface area contributed by atoms with E-state index in [2.05, 4.69) is 35.3 Å². The van der Waals surface area contributed by atoms with Gasteiger partial charge in [0.25, 0.3) is 0 Å². The van der Waals surface area contributed by atoms with E-state index in [1.54, 1.807) is 0 Å². The lowest BCUT2D eigenvalue weighted by molar-refractivity contribution is -0.139. The van der Waals surface area contributed by atoms with Gasteiger partial charge >= 0.3 is 5.97 Å². The number of esters is 1. The van der Waals surface area contributed by atoms with E-state index >= 15 is 0 Å². The van der Waals surface area contributed by atoms with Crippen LogP contribution < -0.4 is 0 Å². The lowest BCUT2D eigenvalue weighted by Gasteiger charge is -1.99. The summed E-state index contributed by atoms with van der Waals surface area (Å²) in [5.41, 5.74) is 0. The highest BCUT2D eigenvalue weighted by atomic mass is 16.5. The first-order valence-corrected chi connectivity index (χ1v) is 8.29. The zero-order chi connectivity index (χ0) is 15.6. The van der Waals surface area contributed by atoms with E-state index in [-0.39, 0.29) is 12.4 Å². The molecule has 0 amide bonds. The van der Waals surface area contributed by atoms with Gasteiger partial charge < -0.3 is 4.74 Å². The van der Waals surface area contributed by atoms with Crippen LogP contribution in [0.5, 0.6) is 0 Å². The molecule has 0 radical (unpaired) electrons. The van der Waals surface area contributed by atoms with Gasteiger partial charge in [-0.2, -0.15) is 0 Å². The first-order valence-electron chi connectivity index (χ1n) is 8.29. The molecule has 0 saturated carbocycles. The van der Waals surface area contributed by atoms with E-state index in [0.717, 1.165) is 19.3 Å². The second-order valence-electron chi connectivity index (χ2n) is 5.18. The standard InChI is InChI=1S/C19H30O2/c1-3-4-5-6-7-8-9-10-11-12-13-14-15-16-17-18-19(20)21-2/h3-11,14-15,18H2,1-2H3. The van der Waals surface area contributed by atoms with E-state index in [9.17, 15) is 4.79 Å². The second-order valence-corrected chi connectivity index (χ2v) is 5.18. The van der Waals surface area contributed by atoms with Crippen molar-refractivity contribution in [3.05, 3.63) is 0 Å². The fraction of sp³-hybridized carbons (Fsp3) is 0.737. The van der Waals surface area contributed by atoms with Crippen molar-refractivity contribution in [3.8, 4) is 23.7 Å². The number of methoxy groups -OCH3 is 1. The summed E-state index contributed by atoms with van der Waals surface area (Å²) in [5.74, 6) is 11.8. The van der Waals surface area contributed by atoms with Crippen molar-refractivity contribution in [2.24, 2.45) is 0 Å². The van der Waals surface area contributed by atoms with Gasteiger partial charge in [-0.15, -0.1) is 17.8 Å². The molecule has 0 atom stereocenters. The summed E-state index contributed by atoms with van der Waals surface area (Å²) >= 11 is 0. The third-order valence-corrected chi connectivity index (χ3v) is 3.24. The maximum absolute atomic E-state index is 10.8. The Labute approximate surface area is 131 Å². The highest BCUT2D eigenvalue weighted by Gasteiger charge is 1.92. The Bertz CT molecular complexity index is 362. The summed E-state index contributed by atoms with van der Waals surface area (Å²) in [4.78, 5) is 10.8. The molecular weight excluding hydrogens is 260 g/mol. The molecule has 0 aliphatic carbocycles. The van der Waals surface area contributed by atoms with Crippen LogP contribution >= 0.6 is 0 Å². The van der Waals surface area contributed by atoms with E-state index in [0.29, 0.717) is 0 Å². The van der Waals surface area contributed by atoms with Gasteiger partial charge in [-0.1, -0.05) is 57.8 Å². The minimum atomic E-state index is -0.275. The van der Waals surface area contributed by atoms with E-state index in [1.165, 1.54) is 58.5 Å². The van der Waals surface area contributed by atoms with Gasteiger partial charge in [0, 0.05) is 19.3 Å². The molecule has 0 unspecified atom stereocenters. The maximum atomic E-state index is 10.8. The number of carbonyl (C=O) groups is 1. The summed E-state index contributed by atoms with van der Waals surface area (Å²) in [7, 11) is 1.38. The summed E-state index contributed by atoms with van der Waals surface area (Å²) in [6, 6.07) is 0. The smallest absolute Gasteiger partial charge is 0.317 e. The lowest BCUT2D eigenvalue weighted by atomic mass is 10.1. The molecule has 0 aromatic heterocycles. The van der Waals surface area contributed by atoms with Crippen molar-refractivity contribution in [2.75, 3.05) is 7.11 Å². The minimum absolute atomic E-state index is 0.183. The predicted molar refractivity (Wildman–Crippen MR) is 88.6 cm³/mol. The molecule has 0 rings (SSSR count). The van der Waals surface area contributed by atoms with Gasteiger partial charge in [-0.05, 0) is 6.42 Å².